The number of nitrogens with one attached hydrogen (secondary N) is 1. The third kappa shape index (κ3) is 1.43. The maximum Gasteiger partial charge on any atom is 0.205 e. The normalized spacial score (nSPS) is 17.4. The first-order chi connectivity index (χ1) is 5.90. The predicted molar refractivity (Wildman–Crippen MR) is 50.7 cm³/mol. The monoisotopic (exact) mass is 183 g/mol. The summed E-state index contributed by atoms with van der Waals surface area (Å²) in [5.41, 5.74) is 0. The molecule has 12 heavy (non-hydrogen) atoms. The summed E-state index contributed by atoms with van der Waals surface area (Å²) in [5.74, 6) is 0.718. The van der Waals surface area contributed by atoms with Gasteiger partial charge in [0.2, 0.25) is 5.13 Å². The van der Waals surface area contributed by atoms with E-state index >= 15 is 0 Å². The van der Waals surface area contributed by atoms with Crippen molar-refractivity contribution in [2.75, 3.05) is 11.9 Å². The van der Waals surface area contributed by atoms with Crippen LogP contribution < -0.4 is 5.32 Å². The van der Waals surface area contributed by atoms with Crippen LogP contribution >= 0.6 is 11.3 Å². The second-order valence-corrected chi connectivity index (χ2v) is 4.11. The van der Waals surface area contributed by atoms with Gasteiger partial charge in [-0.15, -0.1) is 10.2 Å². The minimum absolute atomic E-state index is 0.718. The molecule has 0 radical (unpaired) electrons. The average Bonchev–Trinajstić information content (AvgIpc) is 2.34. The van der Waals surface area contributed by atoms with E-state index in [4.69, 9.17) is 0 Å². The lowest BCUT2D eigenvalue weighted by molar-refractivity contribution is 0.416. The highest BCUT2D eigenvalue weighted by Crippen LogP contribution is 2.38. The van der Waals surface area contributed by atoms with Crippen molar-refractivity contribution in [2.45, 2.75) is 32.1 Å². The Kier molecular flexibility index (Phi) is 2.26. The van der Waals surface area contributed by atoms with Crippen LogP contribution in [0.15, 0.2) is 0 Å². The highest BCUT2D eigenvalue weighted by molar-refractivity contribution is 7.15. The fourth-order valence-electron chi connectivity index (χ4n) is 1.28. The highest BCUT2D eigenvalue weighted by Gasteiger charge is 2.23. The Labute approximate surface area is 76.2 Å². The molecular weight excluding hydrogens is 170 g/mol. The minimum Gasteiger partial charge on any atom is -0.360 e. The molecule has 3 nitrogen and oxygen atoms in total. The summed E-state index contributed by atoms with van der Waals surface area (Å²) in [6.07, 6.45) is 3.97. The van der Waals surface area contributed by atoms with Gasteiger partial charge >= 0.3 is 0 Å². The maximum absolute atomic E-state index is 4.16. The van der Waals surface area contributed by atoms with Gasteiger partial charge in [0, 0.05) is 12.5 Å². The molecule has 1 aliphatic rings. The van der Waals surface area contributed by atoms with E-state index in [1.54, 1.807) is 11.3 Å². The van der Waals surface area contributed by atoms with Crippen molar-refractivity contribution >= 4 is 16.5 Å². The number of anilines is 1. The van der Waals surface area contributed by atoms with Crippen LogP contribution in [0.3, 0.4) is 0 Å². The molecule has 0 unspecified atom stereocenters. The first kappa shape index (κ1) is 7.98. The molecular formula is C8H13N3S. The Morgan fingerprint density at radius 2 is 2.33 bits per heavy atom. The molecule has 1 N–H and O–H groups in total. The number of hydrogen-bond donors (Lipinski definition) is 1. The van der Waals surface area contributed by atoms with E-state index < -0.39 is 0 Å². The van der Waals surface area contributed by atoms with Crippen LogP contribution in [0.1, 0.15) is 37.1 Å². The maximum atomic E-state index is 4.16. The molecule has 66 valence electrons. The lowest BCUT2D eigenvalue weighted by Crippen LogP contribution is -2.07. The molecule has 0 aliphatic heterocycles. The molecule has 0 saturated heterocycles. The molecule has 0 aromatic carbocycles. The lowest BCUT2D eigenvalue weighted by Gasteiger charge is -2.21. The molecule has 1 aliphatic carbocycles. The van der Waals surface area contributed by atoms with E-state index in [1.165, 1.54) is 24.3 Å². The number of nitrogens with zero attached hydrogens (tertiary/aromatic N) is 2. The zero-order valence-corrected chi connectivity index (χ0v) is 8.02. The Bertz CT molecular complexity index is 255. The van der Waals surface area contributed by atoms with Gasteiger partial charge in [0.1, 0.15) is 5.01 Å². The SMILES string of the molecule is CCNc1nnc(C2CCC2)s1. The highest BCUT2D eigenvalue weighted by atomic mass is 32.1. The molecule has 1 aromatic heterocycles. The lowest BCUT2D eigenvalue weighted by atomic mass is 9.86. The Morgan fingerprint density at radius 1 is 1.50 bits per heavy atom. The van der Waals surface area contributed by atoms with Gasteiger partial charge in [-0.2, -0.15) is 0 Å². The average molecular weight is 183 g/mol. The fourth-order valence-corrected chi connectivity index (χ4v) is 2.26. The van der Waals surface area contributed by atoms with Crippen LogP contribution in [0, 0.1) is 0 Å². The zero-order valence-electron chi connectivity index (χ0n) is 7.21. The molecule has 0 spiro atoms. The van der Waals surface area contributed by atoms with Crippen molar-refractivity contribution in [3.63, 3.8) is 0 Å². The molecule has 1 aromatic rings. The summed E-state index contributed by atoms with van der Waals surface area (Å²) < 4.78 is 0. The summed E-state index contributed by atoms with van der Waals surface area (Å²) in [6.45, 7) is 3.00. The van der Waals surface area contributed by atoms with Crippen molar-refractivity contribution < 1.29 is 0 Å². The third-order valence-electron chi connectivity index (χ3n) is 2.22. The first-order valence-electron chi connectivity index (χ1n) is 4.47. The van der Waals surface area contributed by atoms with E-state index in [0.717, 1.165) is 17.6 Å². The van der Waals surface area contributed by atoms with Crippen LogP contribution in [0.5, 0.6) is 0 Å². The van der Waals surface area contributed by atoms with E-state index in [-0.39, 0.29) is 0 Å². The van der Waals surface area contributed by atoms with E-state index in [2.05, 4.69) is 22.4 Å². The molecule has 1 saturated carbocycles. The van der Waals surface area contributed by atoms with Gasteiger partial charge in [-0.1, -0.05) is 17.8 Å². The quantitative estimate of drug-likeness (QED) is 0.781. The van der Waals surface area contributed by atoms with Gasteiger partial charge in [-0.25, -0.2) is 0 Å². The smallest absolute Gasteiger partial charge is 0.205 e. The fraction of sp³-hybridized carbons (Fsp3) is 0.750. The second kappa shape index (κ2) is 3.39. The van der Waals surface area contributed by atoms with Crippen LogP contribution in [-0.2, 0) is 0 Å². The second-order valence-electron chi connectivity index (χ2n) is 3.10. The molecule has 1 fully saturated rings. The zero-order chi connectivity index (χ0) is 8.39. The van der Waals surface area contributed by atoms with Crippen LogP contribution in [0.2, 0.25) is 0 Å². The van der Waals surface area contributed by atoms with Crippen molar-refractivity contribution in [2.24, 2.45) is 0 Å². The first-order valence-corrected chi connectivity index (χ1v) is 5.29. The van der Waals surface area contributed by atoms with E-state index in [9.17, 15) is 0 Å². The molecule has 0 bridgehead atoms. The summed E-state index contributed by atoms with van der Waals surface area (Å²) in [4.78, 5) is 0. The number of aromatic nitrogens is 2. The van der Waals surface area contributed by atoms with Gasteiger partial charge in [-0.05, 0) is 19.8 Å². The van der Waals surface area contributed by atoms with Crippen molar-refractivity contribution in [3.8, 4) is 0 Å². The largest absolute Gasteiger partial charge is 0.360 e. The third-order valence-corrected chi connectivity index (χ3v) is 3.27. The van der Waals surface area contributed by atoms with Gasteiger partial charge in [-0.3, -0.25) is 0 Å². The Morgan fingerprint density at radius 3 is 2.92 bits per heavy atom. The van der Waals surface area contributed by atoms with E-state index in [0.29, 0.717) is 0 Å². The summed E-state index contributed by atoms with van der Waals surface area (Å²) in [6, 6.07) is 0. The summed E-state index contributed by atoms with van der Waals surface area (Å²) in [5, 5.41) is 13.6. The molecule has 0 amide bonds. The van der Waals surface area contributed by atoms with Crippen LogP contribution in [0.25, 0.3) is 0 Å². The molecule has 1 heterocycles. The number of rotatable bonds is 3. The Balaban J connectivity index is 2.02. The van der Waals surface area contributed by atoms with Crippen LogP contribution in [0.4, 0.5) is 5.13 Å². The van der Waals surface area contributed by atoms with Crippen molar-refractivity contribution in [3.05, 3.63) is 5.01 Å². The van der Waals surface area contributed by atoms with Crippen molar-refractivity contribution in [1.29, 1.82) is 0 Å². The minimum atomic E-state index is 0.718. The van der Waals surface area contributed by atoms with Gasteiger partial charge < -0.3 is 5.32 Å². The topological polar surface area (TPSA) is 37.8 Å². The number of hydrogen-bond acceptors (Lipinski definition) is 4. The van der Waals surface area contributed by atoms with Crippen LogP contribution in [-0.4, -0.2) is 16.7 Å². The summed E-state index contributed by atoms with van der Waals surface area (Å²) >= 11 is 1.71. The van der Waals surface area contributed by atoms with Gasteiger partial charge in [0.05, 0.1) is 0 Å². The standard InChI is InChI=1S/C8H13N3S/c1-2-9-8-11-10-7(12-8)6-4-3-5-6/h6H,2-5H2,1H3,(H,9,11). The molecule has 0 atom stereocenters. The van der Waals surface area contributed by atoms with Gasteiger partial charge in [0.15, 0.2) is 0 Å². The van der Waals surface area contributed by atoms with Gasteiger partial charge in [0.25, 0.3) is 0 Å². The molecule has 4 heteroatoms. The summed E-state index contributed by atoms with van der Waals surface area (Å²) in [7, 11) is 0. The van der Waals surface area contributed by atoms with E-state index in [1.807, 2.05) is 0 Å². The Hall–Kier alpha value is -0.640. The molecule has 2 rings (SSSR count). The van der Waals surface area contributed by atoms with Crippen molar-refractivity contribution in [1.82, 2.24) is 10.2 Å². The predicted octanol–water partition coefficient (Wildman–Crippen LogP) is 2.24.